The molecule has 0 aromatic rings. The van der Waals surface area contributed by atoms with Crippen molar-refractivity contribution in [3.63, 3.8) is 0 Å². The maximum absolute atomic E-state index is 12.8. The summed E-state index contributed by atoms with van der Waals surface area (Å²) in [6.07, 6.45) is 9.30. The van der Waals surface area contributed by atoms with Crippen LogP contribution in [0.1, 0.15) is 58.3 Å². The van der Waals surface area contributed by atoms with E-state index in [-0.39, 0.29) is 12.0 Å². The van der Waals surface area contributed by atoms with Gasteiger partial charge in [0.05, 0.1) is 0 Å². The molecule has 0 spiro atoms. The molecule has 2 N–H and O–H groups in total. The van der Waals surface area contributed by atoms with Gasteiger partial charge in [-0.25, -0.2) is 0 Å². The zero-order valence-electron chi connectivity index (χ0n) is 11.5. The fourth-order valence-electron chi connectivity index (χ4n) is 3.53. The minimum Gasteiger partial charge on any atom is -0.336 e. The van der Waals surface area contributed by atoms with Crippen LogP contribution < -0.4 is 5.73 Å². The van der Waals surface area contributed by atoms with Crippen LogP contribution in [-0.4, -0.2) is 28.9 Å². The second-order valence-corrected chi connectivity index (χ2v) is 6.68. The Bertz CT molecular complexity index is 322. The summed E-state index contributed by atoms with van der Waals surface area (Å²) in [7, 11) is 0. The standard InChI is InChI=1S/C15H26N2O/c1-10(11-5-6-11)17(14-7-8-14)15(18)12-3-2-4-13(16)9-12/h10-14H,2-9,16H2,1H3. The summed E-state index contributed by atoms with van der Waals surface area (Å²) in [6.45, 7) is 2.26. The molecule has 1 amide bonds. The third-order valence-electron chi connectivity index (χ3n) is 5.00. The van der Waals surface area contributed by atoms with E-state index in [1.807, 2.05) is 0 Å². The van der Waals surface area contributed by atoms with Crippen LogP contribution in [0.3, 0.4) is 0 Å². The first kappa shape index (κ1) is 12.5. The van der Waals surface area contributed by atoms with Crippen molar-refractivity contribution in [1.29, 1.82) is 0 Å². The number of carbonyl (C=O) groups excluding carboxylic acids is 1. The first-order valence-corrected chi connectivity index (χ1v) is 7.74. The van der Waals surface area contributed by atoms with E-state index in [1.54, 1.807) is 0 Å². The molecule has 3 heteroatoms. The third-order valence-corrected chi connectivity index (χ3v) is 5.00. The Labute approximate surface area is 110 Å². The molecule has 0 radical (unpaired) electrons. The number of hydrogen-bond acceptors (Lipinski definition) is 2. The number of hydrogen-bond donors (Lipinski definition) is 1. The lowest BCUT2D eigenvalue weighted by Crippen LogP contribution is -2.46. The maximum Gasteiger partial charge on any atom is 0.226 e. The molecule has 102 valence electrons. The smallest absolute Gasteiger partial charge is 0.226 e. The number of nitrogens with two attached hydrogens (primary N) is 1. The van der Waals surface area contributed by atoms with Gasteiger partial charge in [0, 0.05) is 24.0 Å². The average Bonchev–Trinajstić information content (AvgIpc) is 3.21. The number of amides is 1. The van der Waals surface area contributed by atoms with E-state index in [0.717, 1.165) is 31.6 Å². The van der Waals surface area contributed by atoms with E-state index < -0.39 is 0 Å². The molecule has 18 heavy (non-hydrogen) atoms. The molecule has 0 aromatic heterocycles. The maximum atomic E-state index is 12.8. The lowest BCUT2D eigenvalue weighted by atomic mass is 9.85. The van der Waals surface area contributed by atoms with E-state index in [2.05, 4.69) is 11.8 Å². The van der Waals surface area contributed by atoms with Gasteiger partial charge in [0.2, 0.25) is 5.91 Å². The van der Waals surface area contributed by atoms with Gasteiger partial charge in [-0.1, -0.05) is 6.42 Å². The lowest BCUT2D eigenvalue weighted by Gasteiger charge is -2.35. The van der Waals surface area contributed by atoms with E-state index in [4.69, 9.17) is 5.73 Å². The van der Waals surface area contributed by atoms with Gasteiger partial charge < -0.3 is 10.6 Å². The van der Waals surface area contributed by atoms with E-state index in [0.29, 0.717) is 18.0 Å². The summed E-state index contributed by atoms with van der Waals surface area (Å²) in [4.78, 5) is 15.0. The highest BCUT2D eigenvalue weighted by Gasteiger charge is 2.43. The Morgan fingerprint density at radius 3 is 2.44 bits per heavy atom. The SMILES string of the molecule is CC(C1CC1)N(C(=O)C1CCCC(N)C1)C1CC1. The van der Waals surface area contributed by atoms with Gasteiger partial charge in [-0.3, -0.25) is 4.79 Å². The molecule has 3 rings (SSSR count). The summed E-state index contributed by atoms with van der Waals surface area (Å²) in [5, 5.41) is 0. The summed E-state index contributed by atoms with van der Waals surface area (Å²) >= 11 is 0. The fraction of sp³-hybridized carbons (Fsp3) is 0.933. The molecule has 3 unspecified atom stereocenters. The summed E-state index contributed by atoms with van der Waals surface area (Å²) < 4.78 is 0. The van der Waals surface area contributed by atoms with Crippen molar-refractivity contribution in [2.45, 2.75) is 76.4 Å². The quantitative estimate of drug-likeness (QED) is 0.832. The molecule has 0 bridgehead atoms. The van der Waals surface area contributed by atoms with Gasteiger partial charge in [0.1, 0.15) is 0 Å². The van der Waals surface area contributed by atoms with Crippen LogP contribution in [0.4, 0.5) is 0 Å². The monoisotopic (exact) mass is 250 g/mol. The van der Waals surface area contributed by atoms with Crippen molar-refractivity contribution < 1.29 is 4.79 Å². The van der Waals surface area contributed by atoms with E-state index in [9.17, 15) is 4.79 Å². The Hall–Kier alpha value is -0.570. The fourth-order valence-corrected chi connectivity index (χ4v) is 3.53. The molecule has 3 aliphatic rings. The molecular formula is C15H26N2O. The van der Waals surface area contributed by atoms with Crippen molar-refractivity contribution >= 4 is 5.91 Å². The van der Waals surface area contributed by atoms with Crippen LogP contribution in [0.5, 0.6) is 0 Å². The van der Waals surface area contributed by atoms with Crippen LogP contribution in [0, 0.1) is 11.8 Å². The van der Waals surface area contributed by atoms with Crippen molar-refractivity contribution in [1.82, 2.24) is 4.90 Å². The van der Waals surface area contributed by atoms with Gasteiger partial charge in [0.25, 0.3) is 0 Å². The molecular weight excluding hydrogens is 224 g/mol. The highest BCUT2D eigenvalue weighted by Crippen LogP contribution is 2.41. The van der Waals surface area contributed by atoms with Crippen molar-refractivity contribution in [3.05, 3.63) is 0 Å². The normalized spacial score (nSPS) is 34.1. The zero-order valence-corrected chi connectivity index (χ0v) is 11.5. The number of nitrogens with zero attached hydrogens (tertiary/aromatic N) is 1. The van der Waals surface area contributed by atoms with Crippen molar-refractivity contribution in [2.24, 2.45) is 17.6 Å². The Kier molecular flexibility index (Phi) is 3.35. The Morgan fingerprint density at radius 2 is 1.89 bits per heavy atom. The van der Waals surface area contributed by atoms with Gasteiger partial charge in [-0.2, -0.15) is 0 Å². The van der Waals surface area contributed by atoms with Gasteiger partial charge in [0.15, 0.2) is 0 Å². The minimum absolute atomic E-state index is 0.218. The topological polar surface area (TPSA) is 46.3 Å². The number of carbonyl (C=O) groups is 1. The molecule has 0 aliphatic heterocycles. The molecule has 3 nitrogen and oxygen atoms in total. The Balaban J connectivity index is 1.67. The molecule has 3 aliphatic carbocycles. The molecule has 3 saturated carbocycles. The summed E-state index contributed by atoms with van der Waals surface area (Å²) in [5.41, 5.74) is 6.03. The minimum atomic E-state index is 0.218. The first-order chi connectivity index (χ1) is 8.66. The molecule has 3 fully saturated rings. The second-order valence-electron chi connectivity index (χ2n) is 6.68. The van der Waals surface area contributed by atoms with Crippen LogP contribution in [0.25, 0.3) is 0 Å². The Morgan fingerprint density at radius 1 is 1.17 bits per heavy atom. The van der Waals surface area contributed by atoms with E-state index in [1.165, 1.54) is 25.7 Å². The highest BCUT2D eigenvalue weighted by molar-refractivity contribution is 5.80. The highest BCUT2D eigenvalue weighted by atomic mass is 16.2. The molecule has 0 saturated heterocycles. The number of rotatable bonds is 4. The van der Waals surface area contributed by atoms with E-state index >= 15 is 0 Å². The van der Waals surface area contributed by atoms with Gasteiger partial charge in [-0.05, 0) is 57.8 Å². The zero-order chi connectivity index (χ0) is 12.7. The van der Waals surface area contributed by atoms with Crippen molar-refractivity contribution in [2.75, 3.05) is 0 Å². The summed E-state index contributed by atoms with van der Waals surface area (Å²) in [5.74, 6) is 1.43. The molecule has 0 heterocycles. The molecule has 3 atom stereocenters. The van der Waals surface area contributed by atoms with Crippen LogP contribution in [0.2, 0.25) is 0 Å². The van der Waals surface area contributed by atoms with Crippen LogP contribution in [-0.2, 0) is 4.79 Å². The van der Waals surface area contributed by atoms with Crippen LogP contribution >= 0.6 is 0 Å². The predicted molar refractivity (Wildman–Crippen MR) is 72.0 cm³/mol. The third kappa shape index (κ3) is 2.56. The first-order valence-electron chi connectivity index (χ1n) is 7.74. The average molecular weight is 250 g/mol. The van der Waals surface area contributed by atoms with Crippen molar-refractivity contribution in [3.8, 4) is 0 Å². The van der Waals surface area contributed by atoms with Gasteiger partial charge >= 0.3 is 0 Å². The largest absolute Gasteiger partial charge is 0.336 e. The molecule has 0 aromatic carbocycles. The second kappa shape index (κ2) is 4.84. The van der Waals surface area contributed by atoms with Gasteiger partial charge in [-0.15, -0.1) is 0 Å². The summed E-state index contributed by atoms with van der Waals surface area (Å²) in [6, 6.07) is 1.29. The lowest BCUT2D eigenvalue weighted by molar-refractivity contribution is -0.140. The van der Waals surface area contributed by atoms with Crippen LogP contribution in [0.15, 0.2) is 0 Å². The predicted octanol–water partition coefficient (Wildman–Crippen LogP) is 2.29.